The van der Waals surface area contributed by atoms with Crippen LogP contribution in [0.2, 0.25) is 0 Å². The number of carbonyl (C=O) groups is 1. The third kappa shape index (κ3) is 6.20. The molecule has 0 N–H and O–H groups in total. The molecule has 4 rings (SSSR count). The molecule has 4 aromatic rings. The lowest BCUT2D eigenvalue weighted by molar-refractivity contribution is -0.145. The van der Waals surface area contributed by atoms with Crippen LogP contribution in [0.3, 0.4) is 0 Å². The van der Waals surface area contributed by atoms with Gasteiger partial charge in [0.25, 0.3) is 5.56 Å². The van der Waals surface area contributed by atoms with Gasteiger partial charge in [-0.25, -0.2) is 9.78 Å². The van der Waals surface area contributed by atoms with Gasteiger partial charge in [-0.3, -0.25) is 4.79 Å². The van der Waals surface area contributed by atoms with Crippen LogP contribution < -0.4 is 15.0 Å². The number of methoxy groups -OCH3 is 1. The van der Waals surface area contributed by atoms with E-state index in [1.807, 2.05) is 31.2 Å². The van der Waals surface area contributed by atoms with Crippen LogP contribution in [0.15, 0.2) is 69.0 Å². The molecule has 39 heavy (non-hydrogen) atoms. The summed E-state index contributed by atoms with van der Waals surface area (Å²) in [5.74, 6) is 1.31. The van der Waals surface area contributed by atoms with Crippen LogP contribution in [0.4, 0.5) is 0 Å². The Bertz CT molecular complexity index is 1610. The molecule has 9 heteroatoms. The van der Waals surface area contributed by atoms with Crippen molar-refractivity contribution in [3.8, 4) is 22.9 Å². The first-order chi connectivity index (χ1) is 18.7. The molecule has 0 atom stereocenters. The number of carbonyl (C=O) groups excluding carboxylic acids is 1. The van der Waals surface area contributed by atoms with Crippen LogP contribution in [0.25, 0.3) is 22.3 Å². The molecule has 0 saturated carbocycles. The van der Waals surface area contributed by atoms with Gasteiger partial charge in [-0.05, 0) is 73.4 Å². The van der Waals surface area contributed by atoms with E-state index in [9.17, 15) is 9.59 Å². The maximum absolute atomic E-state index is 13.7. The smallest absolute Gasteiger partial charge is 0.344 e. The maximum atomic E-state index is 13.7. The van der Waals surface area contributed by atoms with Gasteiger partial charge in [0.15, 0.2) is 12.4 Å². The number of para-hydroxylation sites is 1. The zero-order chi connectivity index (χ0) is 28.1. The normalized spacial score (nSPS) is 11.4. The number of aryl methyl sites for hydroxylation is 1. The van der Waals surface area contributed by atoms with Crippen molar-refractivity contribution in [3.63, 3.8) is 0 Å². The summed E-state index contributed by atoms with van der Waals surface area (Å²) in [6.07, 6.45) is 1.52. The fourth-order valence-electron chi connectivity index (χ4n) is 4.18. The predicted molar refractivity (Wildman–Crippen MR) is 156 cm³/mol. The summed E-state index contributed by atoms with van der Waals surface area (Å²) in [7, 11) is 1.65. The number of ether oxygens (including phenoxy) is 3. The molecule has 0 bridgehead atoms. The molecule has 1 aromatic heterocycles. The zero-order valence-corrected chi connectivity index (χ0v) is 24.1. The molecule has 0 aliphatic rings. The van der Waals surface area contributed by atoms with Crippen molar-refractivity contribution in [3.05, 3.63) is 86.1 Å². The van der Waals surface area contributed by atoms with E-state index < -0.39 is 5.97 Å². The van der Waals surface area contributed by atoms with Gasteiger partial charge in [-0.15, -0.1) is 0 Å². The van der Waals surface area contributed by atoms with E-state index in [2.05, 4.69) is 34.9 Å². The number of rotatable bonds is 9. The molecule has 0 spiro atoms. The van der Waals surface area contributed by atoms with Gasteiger partial charge in [-0.2, -0.15) is 9.78 Å². The number of hydrogen-bond acceptors (Lipinski definition) is 7. The Morgan fingerprint density at radius 3 is 2.62 bits per heavy atom. The van der Waals surface area contributed by atoms with E-state index in [1.54, 1.807) is 44.4 Å². The van der Waals surface area contributed by atoms with Gasteiger partial charge in [0.1, 0.15) is 11.5 Å². The van der Waals surface area contributed by atoms with Crippen molar-refractivity contribution >= 4 is 39.0 Å². The highest BCUT2D eigenvalue weighted by Gasteiger charge is 2.18. The fraction of sp³-hybridized carbons (Fsp3) is 0.267. The summed E-state index contributed by atoms with van der Waals surface area (Å²) >= 11 is 3.47. The monoisotopic (exact) mass is 591 g/mol. The second kappa shape index (κ2) is 12.3. The van der Waals surface area contributed by atoms with Crippen LogP contribution in [-0.2, 0) is 9.53 Å². The van der Waals surface area contributed by atoms with Crippen LogP contribution in [0.5, 0.6) is 11.5 Å². The highest BCUT2D eigenvalue weighted by Crippen LogP contribution is 2.34. The molecule has 0 amide bonds. The fourth-order valence-corrected chi connectivity index (χ4v) is 4.56. The summed E-state index contributed by atoms with van der Waals surface area (Å²) in [6.45, 7) is 7.87. The van der Waals surface area contributed by atoms with Gasteiger partial charge in [0.2, 0.25) is 0 Å². The Morgan fingerprint density at radius 2 is 1.90 bits per heavy atom. The van der Waals surface area contributed by atoms with E-state index in [1.165, 1.54) is 10.9 Å². The van der Waals surface area contributed by atoms with Gasteiger partial charge >= 0.3 is 5.97 Å². The van der Waals surface area contributed by atoms with Crippen LogP contribution in [-0.4, -0.2) is 42.2 Å². The minimum Gasteiger partial charge on any atom is -0.496 e. The van der Waals surface area contributed by atoms with Crippen LogP contribution in [0.1, 0.15) is 43.4 Å². The standard InChI is InChI=1S/C30H30BrN3O5/c1-6-38-28(35)17-39-26-12-11-21(31)14-20(26)16-32-34-29(33-25-10-8-7-9-22(25)30(34)36)24-15-23(18(2)3)27(37-5)13-19(24)4/h7-16,18H,6,17H2,1-5H3. The minimum atomic E-state index is -0.475. The number of nitrogens with zero attached hydrogens (tertiary/aromatic N) is 3. The molecule has 8 nitrogen and oxygen atoms in total. The quantitative estimate of drug-likeness (QED) is 0.173. The van der Waals surface area contributed by atoms with Crippen LogP contribution >= 0.6 is 15.9 Å². The Morgan fingerprint density at radius 1 is 1.13 bits per heavy atom. The van der Waals surface area contributed by atoms with Crippen molar-refractivity contribution in [2.75, 3.05) is 20.3 Å². The maximum Gasteiger partial charge on any atom is 0.344 e. The lowest BCUT2D eigenvalue weighted by Crippen LogP contribution is -2.21. The molecule has 0 unspecified atom stereocenters. The molecule has 0 aliphatic heterocycles. The lowest BCUT2D eigenvalue weighted by Gasteiger charge is -2.17. The number of fused-ring (bicyclic) bond motifs is 1. The summed E-state index contributed by atoms with van der Waals surface area (Å²) in [6, 6.07) is 16.4. The first-order valence-electron chi connectivity index (χ1n) is 12.6. The summed E-state index contributed by atoms with van der Waals surface area (Å²) in [5.41, 5.74) is 3.49. The number of aromatic nitrogens is 2. The third-order valence-electron chi connectivity index (χ3n) is 6.13. The molecular weight excluding hydrogens is 562 g/mol. The van der Waals surface area contributed by atoms with Crippen molar-refractivity contribution in [2.45, 2.75) is 33.6 Å². The zero-order valence-electron chi connectivity index (χ0n) is 22.5. The first kappa shape index (κ1) is 28.0. The number of halogens is 1. The largest absolute Gasteiger partial charge is 0.496 e. The van der Waals surface area contributed by atoms with E-state index in [4.69, 9.17) is 19.2 Å². The molecule has 1 heterocycles. The van der Waals surface area contributed by atoms with E-state index in [0.717, 1.165) is 26.9 Å². The van der Waals surface area contributed by atoms with Gasteiger partial charge in [-0.1, -0.05) is 41.9 Å². The highest BCUT2D eigenvalue weighted by molar-refractivity contribution is 9.10. The van der Waals surface area contributed by atoms with Crippen molar-refractivity contribution in [1.29, 1.82) is 0 Å². The van der Waals surface area contributed by atoms with Gasteiger partial charge in [0, 0.05) is 15.6 Å². The second-order valence-electron chi connectivity index (χ2n) is 9.15. The third-order valence-corrected chi connectivity index (χ3v) is 6.62. The van der Waals surface area contributed by atoms with Gasteiger partial charge < -0.3 is 14.2 Å². The molecule has 0 fully saturated rings. The van der Waals surface area contributed by atoms with E-state index in [-0.39, 0.29) is 24.7 Å². The van der Waals surface area contributed by atoms with E-state index in [0.29, 0.717) is 28.0 Å². The first-order valence-corrected chi connectivity index (χ1v) is 13.4. The Labute approximate surface area is 235 Å². The van der Waals surface area contributed by atoms with Crippen molar-refractivity contribution < 1.29 is 19.0 Å². The summed E-state index contributed by atoms with van der Waals surface area (Å²) in [4.78, 5) is 30.4. The molecule has 3 aromatic carbocycles. The highest BCUT2D eigenvalue weighted by atomic mass is 79.9. The number of hydrogen-bond donors (Lipinski definition) is 0. The lowest BCUT2D eigenvalue weighted by atomic mass is 9.96. The number of esters is 1. The topological polar surface area (TPSA) is 92.0 Å². The molecule has 0 saturated heterocycles. The second-order valence-corrected chi connectivity index (χ2v) is 10.1. The van der Waals surface area contributed by atoms with Crippen LogP contribution in [0, 0.1) is 6.92 Å². The van der Waals surface area contributed by atoms with Crippen molar-refractivity contribution in [1.82, 2.24) is 9.66 Å². The average molecular weight is 592 g/mol. The summed E-state index contributed by atoms with van der Waals surface area (Å²) < 4.78 is 18.4. The van der Waals surface area contributed by atoms with Gasteiger partial charge in [0.05, 0.1) is 30.8 Å². The number of benzene rings is 3. The molecule has 0 radical (unpaired) electrons. The predicted octanol–water partition coefficient (Wildman–Crippen LogP) is 6.09. The molecule has 202 valence electrons. The SMILES string of the molecule is CCOC(=O)COc1ccc(Br)cc1C=Nn1c(-c2cc(C(C)C)c(OC)cc2C)nc2ccccc2c1=O. The molecule has 0 aliphatic carbocycles. The Balaban J connectivity index is 1.89. The Hall–Kier alpha value is -3.98. The molecular formula is C30H30BrN3O5. The Kier molecular flexibility index (Phi) is 8.81. The summed E-state index contributed by atoms with van der Waals surface area (Å²) in [5, 5.41) is 5.04. The minimum absolute atomic E-state index is 0.184. The van der Waals surface area contributed by atoms with Crippen molar-refractivity contribution in [2.24, 2.45) is 5.10 Å². The van der Waals surface area contributed by atoms with E-state index >= 15 is 0 Å². The average Bonchev–Trinajstić information content (AvgIpc) is 2.91.